The highest BCUT2D eigenvalue weighted by molar-refractivity contribution is 5.86. The Morgan fingerprint density at radius 2 is 2.17 bits per heavy atom. The number of hydrazine groups is 1. The third-order valence-electron chi connectivity index (χ3n) is 2.81. The summed E-state index contributed by atoms with van der Waals surface area (Å²) in [7, 11) is 0. The number of amides is 1. The summed E-state index contributed by atoms with van der Waals surface area (Å²) in [4.78, 5) is 23.0. The van der Waals surface area contributed by atoms with Crippen molar-refractivity contribution in [3.63, 3.8) is 0 Å². The van der Waals surface area contributed by atoms with Crippen LogP contribution in [0.1, 0.15) is 11.1 Å². The standard InChI is InChI=1S/C12H13N3O3/c1-6-8-3-2-7(13)4-10(8)18-12(17)9(6)5-11(16)15-14/h2-4H,5,13-14H2,1H3,(H,15,16). The molecule has 0 atom stereocenters. The molecule has 0 radical (unpaired) electrons. The number of anilines is 1. The predicted molar refractivity (Wildman–Crippen MR) is 67.7 cm³/mol. The van der Waals surface area contributed by atoms with Crippen molar-refractivity contribution in [2.75, 3.05) is 5.73 Å². The van der Waals surface area contributed by atoms with E-state index in [0.717, 1.165) is 5.39 Å². The zero-order valence-corrected chi connectivity index (χ0v) is 9.82. The van der Waals surface area contributed by atoms with E-state index in [1.807, 2.05) is 5.43 Å². The monoisotopic (exact) mass is 247 g/mol. The van der Waals surface area contributed by atoms with E-state index in [-0.39, 0.29) is 6.42 Å². The van der Waals surface area contributed by atoms with Crippen molar-refractivity contribution in [2.45, 2.75) is 13.3 Å². The molecule has 6 nitrogen and oxygen atoms in total. The van der Waals surface area contributed by atoms with Gasteiger partial charge in [-0.3, -0.25) is 10.2 Å². The number of nitrogens with one attached hydrogen (secondary N) is 1. The molecule has 94 valence electrons. The predicted octanol–water partition coefficient (Wildman–Crippen LogP) is 0.216. The molecule has 0 fully saturated rings. The molecule has 0 spiro atoms. The Morgan fingerprint density at radius 1 is 1.44 bits per heavy atom. The zero-order valence-electron chi connectivity index (χ0n) is 9.82. The first-order valence-electron chi connectivity index (χ1n) is 5.34. The molecule has 1 amide bonds. The van der Waals surface area contributed by atoms with Crippen molar-refractivity contribution in [2.24, 2.45) is 5.84 Å². The van der Waals surface area contributed by atoms with Gasteiger partial charge >= 0.3 is 5.63 Å². The Kier molecular flexibility index (Phi) is 3.03. The van der Waals surface area contributed by atoms with E-state index in [2.05, 4.69) is 0 Å². The Morgan fingerprint density at radius 3 is 2.83 bits per heavy atom. The number of fused-ring (bicyclic) bond motifs is 1. The third kappa shape index (κ3) is 2.05. The summed E-state index contributed by atoms with van der Waals surface area (Å²) in [5.41, 5.74) is 8.98. The first-order valence-corrected chi connectivity index (χ1v) is 5.34. The summed E-state index contributed by atoms with van der Waals surface area (Å²) in [6.45, 7) is 1.76. The SMILES string of the molecule is Cc1c(CC(=O)NN)c(=O)oc2cc(N)ccc12. The molecule has 0 aliphatic rings. The van der Waals surface area contributed by atoms with Gasteiger partial charge in [0.15, 0.2) is 0 Å². The van der Waals surface area contributed by atoms with Crippen LogP contribution >= 0.6 is 0 Å². The maximum atomic E-state index is 11.8. The van der Waals surface area contributed by atoms with Crippen LogP contribution in [0.4, 0.5) is 5.69 Å². The lowest BCUT2D eigenvalue weighted by Gasteiger charge is -2.07. The topological polar surface area (TPSA) is 111 Å². The second-order valence-electron chi connectivity index (χ2n) is 3.99. The number of hydrogen-bond acceptors (Lipinski definition) is 5. The van der Waals surface area contributed by atoms with Gasteiger partial charge in [0.2, 0.25) is 5.91 Å². The van der Waals surface area contributed by atoms with E-state index in [1.54, 1.807) is 25.1 Å². The highest BCUT2D eigenvalue weighted by atomic mass is 16.4. The molecule has 18 heavy (non-hydrogen) atoms. The number of carbonyl (C=O) groups excluding carboxylic acids is 1. The van der Waals surface area contributed by atoms with Crippen LogP contribution in [0, 0.1) is 6.92 Å². The molecule has 5 N–H and O–H groups in total. The molecule has 2 aromatic rings. The summed E-state index contributed by atoms with van der Waals surface area (Å²) in [5.74, 6) is 4.56. The number of aryl methyl sites for hydroxylation is 1. The van der Waals surface area contributed by atoms with E-state index < -0.39 is 11.5 Å². The van der Waals surface area contributed by atoms with Gasteiger partial charge in [0.05, 0.1) is 12.0 Å². The van der Waals surface area contributed by atoms with Crippen molar-refractivity contribution >= 4 is 22.6 Å². The number of rotatable bonds is 2. The quantitative estimate of drug-likeness (QED) is 0.231. The minimum Gasteiger partial charge on any atom is -0.422 e. The minimum atomic E-state index is -0.547. The first-order chi connectivity index (χ1) is 8.52. The van der Waals surface area contributed by atoms with Crippen molar-refractivity contribution in [1.29, 1.82) is 0 Å². The minimum absolute atomic E-state index is 0.106. The molecule has 0 saturated heterocycles. The normalized spacial score (nSPS) is 10.6. The fraction of sp³-hybridized carbons (Fsp3) is 0.167. The van der Waals surface area contributed by atoms with Gasteiger partial charge in [0.25, 0.3) is 0 Å². The van der Waals surface area contributed by atoms with Crippen LogP contribution < -0.4 is 22.6 Å². The lowest BCUT2D eigenvalue weighted by atomic mass is 10.0. The van der Waals surface area contributed by atoms with Crippen LogP contribution in [-0.2, 0) is 11.2 Å². The van der Waals surface area contributed by atoms with E-state index in [0.29, 0.717) is 22.4 Å². The molecule has 0 saturated carbocycles. The average molecular weight is 247 g/mol. The zero-order chi connectivity index (χ0) is 13.3. The van der Waals surface area contributed by atoms with Crippen LogP contribution in [-0.4, -0.2) is 5.91 Å². The molecule has 0 bridgehead atoms. The van der Waals surface area contributed by atoms with Crippen molar-refractivity contribution in [1.82, 2.24) is 5.43 Å². The van der Waals surface area contributed by atoms with E-state index >= 15 is 0 Å². The number of hydrogen-bond donors (Lipinski definition) is 3. The van der Waals surface area contributed by atoms with E-state index in [9.17, 15) is 9.59 Å². The molecule has 0 unspecified atom stereocenters. The number of benzene rings is 1. The lowest BCUT2D eigenvalue weighted by molar-refractivity contribution is -0.120. The number of nitrogen functional groups attached to an aromatic ring is 1. The number of nitrogens with two attached hydrogens (primary N) is 2. The Labute approximate surface area is 103 Å². The van der Waals surface area contributed by atoms with Crippen molar-refractivity contribution in [3.05, 3.63) is 39.7 Å². The largest absolute Gasteiger partial charge is 0.422 e. The lowest BCUT2D eigenvalue weighted by Crippen LogP contribution is -2.33. The van der Waals surface area contributed by atoms with Gasteiger partial charge in [-0.05, 0) is 24.6 Å². The number of carbonyl (C=O) groups is 1. The Bertz CT molecular complexity index is 676. The summed E-state index contributed by atoms with van der Waals surface area (Å²) in [5, 5.41) is 0.753. The van der Waals surface area contributed by atoms with Crippen LogP contribution in [0.25, 0.3) is 11.0 Å². The molecule has 0 aliphatic heterocycles. The van der Waals surface area contributed by atoms with Crippen LogP contribution in [0.3, 0.4) is 0 Å². The molecule has 0 aliphatic carbocycles. The second kappa shape index (κ2) is 4.50. The average Bonchev–Trinajstić information content (AvgIpc) is 2.33. The highest BCUT2D eigenvalue weighted by Crippen LogP contribution is 2.21. The Balaban J connectivity index is 2.65. The molecule has 1 aromatic carbocycles. The smallest absolute Gasteiger partial charge is 0.340 e. The second-order valence-corrected chi connectivity index (χ2v) is 3.99. The first kappa shape index (κ1) is 12.1. The van der Waals surface area contributed by atoms with Gasteiger partial charge in [-0.2, -0.15) is 0 Å². The van der Waals surface area contributed by atoms with Gasteiger partial charge < -0.3 is 10.2 Å². The van der Waals surface area contributed by atoms with Gasteiger partial charge in [0, 0.05) is 17.1 Å². The van der Waals surface area contributed by atoms with Crippen LogP contribution in [0.2, 0.25) is 0 Å². The summed E-state index contributed by atoms with van der Waals surface area (Å²) in [6, 6.07) is 5.05. The summed E-state index contributed by atoms with van der Waals surface area (Å²) >= 11 is 0. The van der Waals surface area contributed by atoms with E-state index in [1.165, 1.54) is 0 Å². The maximum absolute atomic E-state index is 11.8. The summed E-state index contributed by atoms with van der Waals surface area (Å²) < 4.78 is 5.14. The molecule has 1 aromatic heterocycles. The molecule has 2 rings (SSSR count). The van der Waals surface area contributed by atoms with Gasteiger partial charge in [0.1, 0.15) is 5.58 Å². The van der Waals surface area contributed by atoms with Crippen molar-refractivity contribution < 1.29 is 9.21 Å². The van der Waals surface area contributed by atoms with Crippen LogP contribution in [0.5, 0.6) is 0 Å². The van der Waals surface area contributed by atoms with Crippen LogP contribution in [0.15, 0.2) is 27.4 Å². The van der Waals surface area contributed by atoms with Crippen molar-refractivity contribution in [3.8, 4) is 0 Å². The Hall–Kier alpha value is -2.34. The van der Waals surface area contributed by atoms with E-state index in [4.69, 9.17) is 16.0 Å². The third-order valence-corrected chi connectivity index (χ3v) is 2.81. The highest BCUT2D eigenvalue weighted by Gasteiger charge is 2.14. The van der Waals surface area contributed by atoms with Gasteiger partial charge in [-0.1, -0.05) is 0 Å². The maximum Gasteiger partial charge on any atom is 0.340 e. The molecule has 6 heteroatoms. The fourth-order valence-electron chi connectivity index (χ4n) is 1.83. The van der Waals surface area contributed by atoms with Gasteiger partial charge in [-0.15, -0.1) is 0 Å². The fourth-order valence-corrected chi connectivity index (χ4v) is 1.83. The summed E-state index contributed by atoms with van der Waals surface area (Å²) in [6.07, 6.45) is -0.106. The molecular formula is C12H13N3O3. The van der Waals surface area contributed by atoms with Gasteiger partial charge in [-0.25, -0.2) is 10.6 Å². The molecular weight excluding hydrogens is 234 g/mol. The molecule has 1 heterocycles.